The predicted molar refractivity (Wildman–Crippen MR) is 108 cm³/mol. The Morgan fingerprint density at radius 2 is 2.07 bits per heavy atom. The quantitative estimate of drug-likeness (QED) is 0.739. The van der Waals surface area contributed by atoms with Crippen LogP contribution in [0.2, 0.25) is 0 Å². The highest BCUT2D eigenvalue weighted by Gasteiger charge is 2.47. The van der Waals surface area contributed by atoms with Gasteiger partial charge in [-0.1, -0.05) is 0 Å². The van der Waals surface area contributed by atoms with E-state index in [1.54, 1.807) is 6.07 Å². The molecule has 2 saturated heterocycles. The molecule has 6 rings (SSSR count). The third kappa shape index (κ3) is 2.84. The first kappa shape index (κ1) is 16.9. The van der Waals surface area contributed by atoms with Crippen molar-refractivity contribution in [1.29, 1.82) is 0 Å². The van der Waals surface area contributed by atoms with Crippen LogP contribution >= 0.6 is 0 Å². The van der Waals surface area contributed by atoms with Crippen molar-refractivity contribution in [1.82, 2.24) is 4.98 Å². The highest BCUT2D eigenvalue weighted by molar-refractivity contribution is 6.05. The Bertz CT molecular complexity index is 1110. The van der Waals surface area contributed by atoms with Crippen molar-refractivity contribution in [2.75, 3.05) is 43.1 Å². The number of rotatable bonds is 3. The SMILES string of the molecule is O=C(Nc1ccc2oc(N3CC4(CCOC4)C3)nc2c1)c1ccc2c(c1)CCO2. The number of benzene rings is 2. The van der Waals surface area contributed by atoms with Gasteiger partial charge in [-0.25, -0.2) is 0 Å². The third-order valence-electron chi connectivity index (χ3n) is 6.09. The van der Waals surface area contributed by atoms with Gasteiger partial charge in [-0.2, -0.15) is 4.98 Å². The second-order valence-corrected chi connectivity index (χ2v) is 8.21. The molecule has 1 N–H and O–H groups in total. The molecule has 3 aliphatic heterocycles. The monoisotopic (exact) mass is 391 g/mol. The maximum Gasteiger partial charge on any atom is 0.298 e. The zero-order valence-corrected chi connectivity index (χ0v) is 15.9. The molecule has 3 aliphatic rings. The van der Waals surface area contributed by atoms with Gasteiger partial charge in [0.2, 0.25) is 0 Å². The Kier molecular flexibility index (Phi) is 3.61. The number of nitrogens with one attached hydrogen (secondary N) is 1. The number of nitrogens with zero attached hydrogens (tertiary/aromatic N) is 2. The van der Waals surface area contributed by atoms with Gasteiger partial charge in [0.05, 0.1) is 13.2 Å². The van der Waals surface area contributed by atoms with Crippen molar-refractivity contribution in [3.05, 3.63) is 47.5 Å². The normalized spacial score (nSPS) is 19.2. The maximum atomic E-state index is 12.6. The van der Waals surface area contributed by atoms with Crippen LogP contribution in [0.1, 0.15) is 22.3 Å². The van der Waals surface area contributed by atoms with Crippen LogP contribution in [0.3, 0.4) is 0 Å². The molecule has 0 unspecified atom stereocenters. The van der Waals surface area contributed by atoms with Gasteiger partial charge in [-0.05, 0) is 48.4 Å². The molecule has 1 amide bonds. The van der Waals surface area contributed by atoms with Crippen molar-refractivity contribution in [3.8, 4) is 5.75 Å². The van der Waals surface area contributed by atoms with E-state index in [0.29, 0.717) is 23.9 Å². The second kappa shape index (κ2) is 6.22. The number of carbonyl (C=O) groups is 1. The van der Waals surface area contributed by atoms with Crippen LogP contribution in [-0.2, 0) is 11.2 Å². The van der Waals surface area contributed by atoms with Gasteiger partial charge in [-0.15, -0.1) is 0 Å². The number of oxazole rings is 1. The lowest BCUT2D eigenvalue weighted by Crippen LogP contribution is -2.57. The minimum absolute atomic E-state index is 0.145. The highest BCUT2D eigenvalue weighted by Crippen LogP contribution is 2.41. The second-order valence-electron chi connectivity index (χ2n) is 8.21. The summed E-state index contributed by atoms with van der Waals surface area (Å²) < 4.78 is 17.0. The highest BCUT2D eigenvalue weighted by atomic mass is 16.5. The maximum absolute atomic E-state index is 12.6. The molecule has 29 heavy (non-hydrogen) atoms. The van der Waals surface area contributed by atoms with Gasteiger partial charge in [-0.3, -0.25) is 4.79 Å². The topological polar surface area (TPSA) is 76.8 Å². The lowest BCUT2D eigenvalue weighted by Gasteiger charge is -2.46. The predicted octanol–water partition coefficient (Wildman–Crippen LogP) is 3.24. The van der Waals surface area contributed by atoms with Crippen molar-refractivity contribution in [3.63, 3.8) is 0 Å². The summed E-state index contributed by atoms with van der Waals surface area (Å²) in [6.07, 6.45) is 1.95. The van der Waals surface area contributed by atoms with Gasteiger partial charge in [0, 0.05) is 42.8 Å². The fourth-order valence-corrected chi connectivity index (χ4v) is 4.46. The Morgan fingerprint density at radius 3 is 2.93 bits per heavy atom. The smallest absolute Gasteiger partial charge is 0.298 e. The summed E-state index contributed by atoms with van der Waals surface area (Å²) in [4.78, 5) is 19.4. The van der Waals surface area contributed by atoms with Gasteiger partial charge < -0.3 is 24.1 Å². The minimum Gasteiger partial charge on any atom is -0.493 e. The summed E-state index contributed by atoms with van der Waals surface area (Å²) in [5, 5.41) is 2.96. The van der Waals surface area contributed by atoms with E-state index in [9.17, 15) is 4.79 Å². The van der Waals surface area contributed by atoms with E-state index in [2.05, 4.69) is 15.2 Å². The van der Waals surface area contributed by atoms with Gasteiger partial charge in [0.1, 0.15) is 11.3 Å². The molecule has 0 saturated carbocycles. The number of ether oxygens (including phenoxy) is 2. The molecule has 2 fully saturated rings. The molecular formula is C22H21N3O4. The number of anilines is 2. The molecular weight excluding hydrogens is 370 g/mol. The average Bonchev–Trinajstić information content (AvgIpc) is 3.43. The van der Waals surface area contributed by atoms with Crippen molar-refractivity contribution >= 4 is 28.7 Å². The molecule has 1 aromatic heterocycles. The summed E-state index contributed by atoms with van der Waals surface area (Å²) in [6, 6.07) is 11.7. The van der Waals surface area contributed by atoms with Crippen molar-refractivity contribution < 1.29 is 18.7 Å². The summed E-state index contributed by atoms with van der Waals surface area (Å²) in [6.45, 7) is 4.20. The average molecular weight is 391 g/mol. The largest absolute Gasteiger partial charge is 0.493 e. The fraction of sp³-hybridized carbons (Fsp3) is 0.364. The van der Waals surface area contributed by atoms with Crippen LogP contribution < -0.4 is 15.0 Å². The molecule has 0 bridgehead atoms. The number of amides is 1. The van der Waals surface area contributed by atoms with Gasteiger partial charge in [0.15, 0.2) is 5.58 Å². The first-order valence-electron chi connectivity index (χ1n) is 9.98. The van der Waals surface area contributed by atoms with Crippen molar-refractivity contribution in [2.24, 2.45) is 5.41 Å². The van der Waals surface area contributed by atoms with E-state index < -0.39 is 0 Å². The molecule has 7 nitrogen and oxygen atoms in total. The molecule has 0 aliphatic carbocycles. The Labute approximate surface area is 167 Å². The molecule has 0 radical (unpaired) electrons. The van der Waals surface area contributed by atoms with Crippen LogP contribution in [0, 0.1) is 5.41 Å². The van der Waals surface area contributed by atoms with Gasteiger partial charge in [0.25, 0.3) is 11.9 Å². The van der Waals surface area contributed by atoms with E-state index in [1.807, 2.05) is 30.3 Å². The minimum atomic E-state index is -0.145. The molecule has 3 aromatic rings. The number of fused-ring (bicyclic) bond motifs is 2. The fourth-order valence-electron chi connectivity index (χ4n) is 4.46. The molecule has 7 heteroatoms. The zero-order valence-electron chi connectivity index (χ0n) is 15.9. The standard InChI is InChI=1S/C22H21N3O4/c26-20(15-1-3-18-14(9-15)5-7-28-18)23-16-2-4-19-17(10-16)24-21(29-19)25-11-22(12-25)6-8-27-13-22/h1-4,9-10H,5-8,11-13H2,(H,23,26). The summed E-state index contributed by atoms with van der Waals surface area (Å²) in [5.74, 6) is 0.726. The number of aromatic nitrogens is 1. The molecule has 2 aromatic carbocycles. The lowest BCUT2D eigenvalue weighted by atomic mass is 9.80. The summed E-state index contributed by atoms with van der Waals surface area (Å²) in [5.41, 5.74) is 4.14. The third-order valence-corrected chi connectivity index (χ3v) is 6.09. The van der Waals surface area contributed by atoms with Crippen LogP contribution in [0.15, 0.2) is 40.8 Å². The zero-order chi connectivity index (χ0) is 19.4. The molecule has 148 valence electrons. The van der Waals surface area contributed by atoms with Gasteiger partial charge >= 0.3 is 0 Å². The van der Waals surface area contributed by atoms with Crippen LogP contribution in [-0.4, -0.2) is 43.8 Å². The first-order chi connectivity index (χ1) is 14.2. The van der Waals surface area contributed by atoms with E-state index in [1.165, 1.54) is 0 Å². The Hall–Kier alpha value is -3.06. The van der Waals surface area contributed by atoms with Crippen LogP contribution in [0.4, 0.5) is 11.7 Å². The van der Waals surface area contributed by atoms with Crippen LogP contribution in [0.25, 0.3) is 11.1 Å². The van der Waals surface area contributed by atoms with Crippen molar-refractivity contribution in [2.45, 2.75) is 12.8 Å². The first-order valence-corrected chi connectivity index (χ1v) is 9.98. The van der Waals surface area contributed by atoms with E-state index in [0.717, 1.165) is 61.6 Å². The molecule has 0 atom stereocenters. The Morgan fingerprint density at radius 1 is 1.14 bits per heavy atom. The molecule has 4 heterocycles. The van der Waals surface area contributed by atoms with E-state index in [4.69, 9.17) is 13.9 Å². The molecule has 1 spiro atoms. The lowest BCUT2D eigenvalue weighted by molar-refractivity contribution is 0.102. The van der Waals surface area contributed by atoms with E-state index in [-0.39, 0.29) is 11.3 Å². The number of hydrogen-bond acceptors (Lipinski definition) is 6. The number of hydrogen-bond donors (Lipinski definition) is 1. The Balaban J connectivity index is 1.19. The number of carbonyl (C=O) groups excluding carboxylic acids is 1. The summed E-state index contributed by atoms with van der Waals surface area (Å²) >= 11 is 0. The van der Waals surface area contributed by atoms with Crippen LogP contribution in [0.5, 0.6) is 5.75 Å². The summed E-state index contributed by atoms with van der Waals surface area (Å²) in [7, 11) is 0. The van der Waals surface area contributed by atoms with E-state index >= 15 is 0 Å².